The summed E-state index contributed by atoms with van der Waals surface area (Å²) in [6.07, 6.45) is 1.84. The molecule has 3 heterocycles. The maximum atomic E-state index is 9.51. The van der Waals surface area contributed by atoms with E-state index in [1.807, 2.05) is 25.1 Å². The number of hydrogen-bond donors (Lipinski definition) is 5. The predicted octanol–water partition coefficient (Wildman–Crippen LogP) is 5.26. The van der Waals surface area contributed by atoms with Crippen molar-refractivity contribution in [1.82, 2.24) is 15.0 Å². The molecule has 0 aliphatic carbocycles. The van der Waals surface area contributed by atoms with Crippen molar-refractivity contribution in [1.29, 1.82) is 0 Å². The van der Waals surface area contributed by atoms with E-state index >= 15 is 0 Å². The van der Waals surface area contributed by atoms with Crippen molar-refractivity contribution >= 4 is 44.7 Å². The van der Waals surface area contributed by atoms with Crippen LogP contribution in [0.1, 0.15) is 44.9 Å². The zero-order chi connectivity index (χ0) is 26.1. The van der Waals surface area contributed by atoms with Crippen LogP contribution in [0.5, 0.6) is 0 Å². The monoisotopic (exact) mass is 529 g/mol. The highest BCUT2D eigenvalue weighted by atomic mass is 32.1. The average molecular weight is 530 g/mol. The summed E-state index contributed by atoms with van der Waals surface area (Å²) in [6, 6.07) is 10.3. The smallest absolute Gasteiger partial charge is 0.225 e. The minimum Gasteiger partial charge on any atom is -0.396 e. The molecular weight excluding hydrogens is 494 g/mol. The molecule has 10 heteroatoms. The number of thiazole rings is 1. The van der Waals surface area contributed by atoms with Crippen molar-refractivity contribution in [3.63, 3.8) is 0 Å². The van der Waals surface area contributed by atoms with Crippen LogP contribution < -0.4 is 10.6 Å². The molecular formula is C26H35N5O3S2. The molecule has 0 spiro atoms. The average Bonchev–Trinajstić information content (AvgIpc) is 3.49. The van der Waals surface area contributed by atoms with Crippen molar-refractivity contribution in [2.24, 2.45) is 5.92 Å². The summed E-state index contributed by atoms with van der Waals surface area (Å²) in [5.41, 5.74) is 4.03. The lowest BCUT2D eigenvalue weighted by molar-refractivity contribution is -0.127. The molecule has 1 atom stereocenters. The molecule has 0 bridgehead atoms. The fourth-order valence-electron chi connectivity index (χ4n) is 3.41. The van der Waals surface area contributed by atoms with E-state index in [1.165, 1.54) is 19.4 Å². The third kappa shape index (κ3) is 8.49. The molecule has 4 rings (SSSR count). The second kappa shape index (κ2) is 13.1. The minimum atomic E-state index is -1.50. The Hall–Kier alpha value is -2.63. The second-order valence-electron chi connectivity index (χ2n) is 8.99. The van der Waals surface area contributed by atoms with Gasteiger partial charge in [-0.15, -0.1) is 11.3 Å². The molecule has 36 heavy (non-hydrogen) atoms. The van der Waals surface area contributed by atoms with Crippen LogP contribution in [0.2, 0.25) is 0 Å². The van der Waals surface area contributed by atoms with Crippen molar-refractivity contribution in [3.05, 3.63) is 52.3 Å². The number of nitrogens with zero attached hydrogens (tertiary/aromatic N) is 3. The van der Waals surface area contributed by atoms with Gasteiger partial charge in [0, 0.05) is 19.7 Å². The molecule has 0 amide bonds. The van der Waals surface area contributed by atoms with Crippen LogP contribution in [0.4, 0.5) is 11.8 Å². The SMILES string of the molecule is CC(C)(O)O.CCC(CO)CCNc1nc(NCc2ccsc2)nc(C)c1-c1nc2ccccc2s1. The Balaban J connectivity index is 0.000000658. The first-order chi connectivity index (χ1) is 17.2. The lowest BCUT2D eigenvalue weighted by Gasteiger charge is -2.16. The molecule has 8 nitrogen and oxygen atoms in total. The highest BCUT2D eigenvalue weighted by molar-refractivity contribution is 7.21. The van der Waals surface area contributed by atoms with E-state index in [9.17, 15) is 5.11 Å². The van der Waals surface area contributed by atoms with Gasteiger partial charge in [0.2, 0.25) is 5.95 Å². The Morgan fingerprint density at radius 2 is 1.81 bits per heavy atom. The second-order valence-corrected chi connectivity index (χ2v) is 10.8. The molecule has 0 aliphatic heterocycles. The van der Waals surface area contributed by atoms with E-state index < -0.39 is 5.79 Å². The largest absolute Gasteiger partial charge is 0.396 e. The van der Waals surface area contributed by atoms with Gasteiger partial charge in [0.15, 0.2) is 5.79 Å². The molecule has 4 aromatic rings. The minimum absolute atomic E-state index is 0.207. The first kappa shape index (κ1) is 27.9. The summed E-state index contributed by atoms with van der Waals surface area (Å²) in [5, 5.41) is 37.6. The van der Waals surface area contributed by atoms with Crippen LogP contribution in [-0.4, -0.2) is 49.2 Å². The van der Waals surface area contributed by atoms with E-state index in [-0.39, 0.29) is 12.5 Å². The maximum absolute atomic E-state index is 9.51. The van der Waals surface area contributed by atoms with Crippen LogP contribution in [-0.2, 0) is 6.54 Å². The number of anilines is 2. The van der Waals surface area contributed by atoms with Crippen molar-refractivity contribution < 1.29 is 15.3 Å². The molecule has 1 unspecified atom stereocenters. The zero-order valence-electron chi connectivity index (χ0n) is 21.2. The summed E-state index contributed by atoms with van der Waals surface area (Å²) in [4.78, 5) is 14.4. The van der Waals surface area contributed by atoms with Gasteiger partial charge in [0.25, 0.3) is 0 Å². The zero-order valence-corrected chi connectivity index (χ0v) is 22.8. The Labute approximate surface area is 220 Å². The number of para-hydroxylation sites is 1. The molecule has 0 aliphatic rings. The summed E-state index contributed by atoms with van der Waals surface area (Å²) in [6.45, 7) is 8.34. The van der Waals surface area contributed by atoms with E-state index in [1.54, 1.807) is 22.7 Å². The van der Waals surface area contributed by atoms with Gasteiger partial charge in [0.1, 0.15) is 10.8 Å². The number of nitrogens with one attached hydrogen (secondary N) is 2. The highest BCUT2D eigenvalue weighted by Crippen LogP contribution is 2.36. The summed E-state index contributed by atoms with van der Waals surface area (Å²) >= 11 is 3.33. The van der Waals surface area contributed by atoms with E-state index in [0.29, 0.717) is 12.5 Å². The van der Waals surface area contributed by atoms with Crippen molar-refractivity contribution in [2.75, 3.05) is 23.8 Å². The summed E-state index contributed by atoms with van der Waals surface area (Å²) in [7, 11) is 0. The maximum Gasteiger partial charge on any atom is 0.225 e. The molecule has 194 valence electrons. The molecule has 0 saturated carbocycles. The fraction of sp³-hybridized carbons (Fsp3) is 0.423. The molecule has 3 aromatic heterocycles. The highest BCUT2D eigenvalue weighted by Gasteiger charge is 2.18. The molecule has 0 fully saturated rings. The van der Waals surface area contributed by atoms with Crippen LogP contribution in [0.15, 0.2) is 41.1 Å². The van der Waals surface area contributed by atoms with Gasteiger partial charge in [-0.1, -0.05) is 25.5 Å². The standard InChI is InChI=1S/C23H27N5OS2.C3H8O2/c1-3-16(13-29)8-10-24-21-20(22-27-18-6-4-5-7-19(18)31-22)15(2)26-23(28-21)25-12-17-9-11-30-14-17;1-3(2,4)5/h4-7,9,11,14,16,29H,3,8,10,12-13H2,1-2H3,(H2,24,25,26,28);4-5H,1-2H3. The Morgan fingerprint density at radius 1 is 1.06 bits per heavy atom. The molecule has 1 aromatic carbocycles. The number of aromatic nitrogens is 3. The van der Waals surface area contributed by atoms with E-state index in [0.717, 1.165) is 51.7 Å². The van der Waals surface area contributed by atoms with Gasteiger partial charge < -0.3 is 26.0 Å². The van der Waals surface area contributed by atoms with Crippen LogP contribution in [0.3, 0.4) is 0 Å². The third-order valence-corrected chi connectivity index (χ3v) is 7.09. The number of aliphatic hydroxyl groups excluding tert-OH is 1. The lowest BCUT2D eigenvalue weighted by atomic mass is 10.0. The lowest BCUT2D eigenvalue weighted by Crippen LogP contribution is -2.15. The van der Waals surface area contributed by atoms with E-state index in [2.05, 4.69) is 40.5 Å². The summed E-state index contributed by atoms with van der Waals surface area (Å²) in [5.74, 6) is 0.176. The van der Waals surface area contributed by atoms with Gasteiger partial charge in [-0.2, -0.15) is 16.3 Å². The van der Waals surface area contributed by atoms with Crippen LogP contribution in [0.25, 0.3) is 20.8 Å². The predicted molar refractivity (Wildman–Crippen MR) is 150 cm³/mol. The molecule has 0 saturated heterocycles. The third-order valence-electron chi connectivity index (χ3n) is 5.31. The van der Waals surface area contributed by atoms with Gasteiger partial charge in [-0.05, 0) is 67.6 Å². The first-order valence-corrected chi connectivity index (χ1v) is 13.7. The number of thiophene rings is 1. The van der Waals surface area contributed by atoms with Crippen molar-refractivity contribution in [2.45, 2.75) is 52.9 Å². The van der Waals surface area contributed by atoms with Gasteiger partial charge in [0.05, 0.1) is 21.5 Å². The Bertz CT molecular complexity index is 1180. The van der Waals surface area contributed by atoms with E-state index in [4.69, 9.17) is 25.2 Å². The number of aryl methyl sites for hydroxylation is 1. The number of aliphatic hydroxyl groups is 3. The van der Waals surface area contributed by atoms with Crippen LogP contribution >= 0.6 is 22.7 Å². The molecule has 0 radical (unpaired) electrons. The Kier molecular flexibility index (Phi) is 10.1. The van der Waals surface area contributed by atoms with Crippen molar-refractivity contribution in [3.8, 4) is 10.6 Å². The number of rotatable bonds is 10. The molecule has 5 N–H and O–H groups in total. The summed E-state index contributed by atoms with van der Waals surface area (Å²) < 4.78 is 1.15. The Morgan fingerprint density at radius 3 is 2.44 bits per heavy atom. The van der Waals surface area contributed by atoms with Gasteiger partial charge in [-0.3, -0.25) is 0 Å². The topological polar surface area (TPSA) is 123 Å². The number of hydrogen-bond acceptors (Lipinski definition) is 10. The normalized spacial score (nSPS) is 12.2. The first-order valence-electron chi connectivity index (χ1n) is 12.0. The van der Waals surface area contributed by atoms with Crippen LogP contribution in [0, 0.1) is 12.8 Å². The quantitative estimate of drug-likeness (QED) is 0.176. The fourth-order valence-corrected chi connectivity index (χ4v) is 5.14. The number of fused-ring (bicyclic) bond motifs is 1. The van der Waals surface area contributed by atoms with Gasteiger partial charge >= 0.3 is 0 Å². The number of benzene rings is 1. The van der Waals surface area contributed by atoms with Gasteiger partial charge in [-0.25, -0.2) is 9.97 Å².